The minimum absolute atomic E-state index is 0.149. The molecule has 198 valence electrons. The molecule has 0 radical (unpaired) electrons. The molecular weight excluding hydrogens is 460 g/mol. The van der Waals surface area contributed by atoms with Crippen molar-refractivity contribution in [1.82, 2.24) is 16.1 Å². The molecule has 1 aromatic carbocycles. The molecule has 4 aliphatic rings. The Kier molecular flexibility index (Phi) is 7.50. The van der Waals surface area contributed by atoms with Crippen molar-refractivity contribution >= 4 is 23.5 Å². The number of phenols is 1. The Morgan fingerprint density at radius 3 is 2.31 bits per heavy atom. The first-order chi connectivity index (χ1) is 17.0. The molecule has 9 nitrogen and oxygen atoms in total. The van der Waals surface area contributed by atoms with Gasteiger partial charge in [0, 0.05) is 24.1 Å². The van der Waals surface area contributed by atoms with Gasteiger partial charge in [0.2, 0.25) is 5.91 Å². The van der Waals surface area contributed by atoms with Gasteiger partial charge in [0.25, 0.3) is 5.91 Å². The topological polar surface area (TPSA) is 140 Å². The van der Waals surface area contributed by atoms with Crippen LogP contribution in [0.15, 0.2) is 18.2 Å². The predicted octanol–water partition coefficient (Wildman–Crippen LogP) is 4.45. The number of phenolic OH excluding ortho intramolecular Hbond substituents is 1. The van der Waals surface area contributed by atoms with Crippen LogP contribution in [0.5, 0.6) is 5.75 Å². The summed E-state index contributed by atoms with van der Waals surface area (Å²) in [6.45, 7) is 5.20. The highest BCUT2D eigenvalue weighted by Crippen LogP contribution is 2.66. The van der Waals surface area contributed by atoms with E-state index in [1.54, 1.807) is 17.6 Å². The molecule has 0 heterocycles. The van der Waals surface area contributed by atoms with Crippen LogP contribution in [-0.2, 0) is 4.79 Å². The fraction of sp³-hybridized carbons (Fsp3) is 0.667. The summed E-state index contributed by atoms with van der Waals surface area (Å²) >= 11 is 0. The molecule has 0 spiro atoms. The summed E-state index contributed by atoms with van der Waals surface area (Å²) in [4.78, 5) is 36.3. The van der Waals surface area contributed by atoms with Gasteiger partial charge in [0.15, 0.2) is 0 Å². The van der Waals surface area contributed by atoms with Gasteiger partial charge in [0.05, 0.1) is 5.69 Å². The second-order valence-electron chi connectivity index (χ2n) is 12.2. The van der Waals surface area contributed by atoms with Gasteiger partial charge < -0.3 is 21.1 Å². The van der Waals surface area contributed by atoms with E-state index in [1.807, 2.05) is 0 Å². The lowest BCUT2D eigenvalue weighted by molar-refractivity contribution is -0.129. The molecule has 0 saturated heterocycles. The molecule has 4 aliphatic carbocycles. The van der Waals surface area contributed by atoms with Gasteiger partial charge in [-0.2, -0.15) is 0 Å². The normalized spacial score (nSPS) is 30.0. The summed E-state index contributed by atoms with van der Waals surface area (Å²) in [6.07, 6.45) is 10.2. The van der Waals surface area contributed by atoms with Gasteiger partial charge in [-0.3, -0.25) is 14.8 Å². The number of carbonyl (C=O) groups is 3. The molecule has 6 N–H and O–H groups in total. The zero-order valence-electron chi connectivity index (χ0n) is 21.4. The maximum absolute atomic E-state index is 12.9. The standard InChI is InChI=1S/C27H40N4O5/c1-25-12-18-13-26(2,15-25)17-27(14-18,16-25)30-24(35)29-20-9-8-19(11-21(20)32)23(34)28-10-6-4-3-5-7-22(33)31-36/h8-9,11,18,32,36H,3-7,10,12-17H2,1-2H3,(H,28,34)(H,31,33)(H2,29,30,35)/t18?,25-,26+,27?. The summed E-state index contributed by atoms with van der Waals surface area (Å²) in [5.74, 6) is -0.175. The lowest BCUT2D eigenvalue weighted by Crippen LogP contribution is -2.65. The van der Waals surface area contributed by atoms with Gasteiger partial charge in [-0.1, -0.05) is 26.7 Å². The predicted molar refractivity (Wildman–Crippen MR) is 136 cm³/mol. The highest BCUT2D eigenvalue weighted by Gasteiger charge is 2.60. The summed E-state index contributed by atoms with van der Waals surface area (Å²) < 4.78 is 0. The van der Waals surface area contributed by atoms with Crippen molar-refractivity contribution in [1.29, 1.82) is 0 Å². The number of anilines is 1. The zero-order chi connectivity index (χ0) is 26.0. The van der Waals surface area contributed by atoms with Crippen molar-refractivity contribution in [3.63, 3.8) is 0 Å². The first kappa shape index (κ1) is 26.3. The number of rotatable bonds is 10. The Morgan fingerprint density at radius 1 is 0.972 bits per heavy atom. The molecule has 4 amide bonds. The van der Waals surface area contributed by atoms with Crippen molar-refractivity contribution in [2.24, 2.45) is 16.7 Å². The molecular formula is C27H40N4O5. The van der Waals surface area contributed by atoms with Crippen LogP contribution in [0.25, 0.3) is 0 Å². The maximum Gasteiger partial charge on any atom is 0.319 e. The fourth-order valence-corrected chi connectivity index (χ4v) is 7.88. The van der Waals surface area contributed by atoms with Gasteiger partial charge in [-0.25, -0.2) is 10.3 Å². The molecule has 4 atom stereocenters. The average Bonchev–Trinajstić information content (AvgIpc) is 2.76. The minimum atomic E-state index is -0.394. The van der Waals surface area contributed by atoms with E-state index < -0.39 is 5.91 Å². The second-order valence-corrected chi connectivity index (χ2v) is 12.2. The number of urea groups is 1. The van der Waals surface area contributed by atoms with Crippen LogP contribution in [0.1, 0.15) is 94.8 Å². The molecule has 0 aromatic heterocycles. The van der Waals surface area contributed by atoms with Crippen LogP contribution in [0, 0.1) is 16.7 Å². The average molecular weight is 501 g/mol. The van der Waals surface area contributed by atoms with E-state index in [1.165, 1.54) is 25.3 Å². The quantitative estimate of drug-likeness (QED) is 0.122. The number of carbonyl (C=O) groups excluding carboxylic acids is 3. The number of aromatic hydroxyl groups is 1. The van der Waals surface area contributed by atoms with E-state index in [9.17, 15) is 19.5 Å². The number of benzene rings is 1. The lowest BCUT2D eigenvalue weighted by Gasteiger charge is -2.65. The molecule has 4 fully saturated rings. The van der Waals surface area contributed by atoms with Crippen molar-refractivity contribution in [2.45, 2.75) is 90.0 Å². The Labute approximate surface area is 212 Å². The van der Waals surface area contributed by atoms with Gasteiger partial charge in [0.1, 0.15) is 5.75 Å². The summed E-state index contributed by atoms with van der Waals surface area (Å²) in [5.41, 5.74) is 2.59. The molecule has 4 saturated carbocycles. The third-order valence-electron chi connectivity index (χ3n) is 8.25. The maximum atomic E-state index is 12.9. The number of hydroxylamine groups is 1. The number of hydrogen-bond donors (Lipinski definition) is 6. The van der Waals surface area contributed by atoms with Crippen LogP contribution in [0.3, 0.4) is 0 Å². The Hall–Kier alpha value is -2.81. The van der Waals surface area contributed by atoms with Crippen molar-refractivity contribution in [2.75, 3.05) is 11.9 Å². The number of nitrogens with one attached hydrogen (secondary N) is 4. The number of unbranched alkanes of at least 4 members (excludes halogenated alkanes) is 3. The van der Waals surface area contributed by atoms with Crippen LogP contribution in [-0.4, -0.2) is 40.2 Å². The summed E-state index contributed by atoms with van der Waals surface area (Å²) in [5, 5.41) is 27.8. The van der Waals surface area contributed by atoms with Gasteiger partial charge >= 0.3 is 6.03 Å². The van der Waals surface area contributed by atoms with E-state index in [0.29, 0.717) is 24.4 Å². The minimum Gasteiger partial charge on any atom is -0.506 e. The summed E-state index contributed by atoms with van der Waals surface area (Å²) in [6, 6.07) is 4.20. The van der Waals surface area contributed by atoms with Gasteiger partial charge in [-0.15, -0.1) is 0 Å². The summed E-state index contributed by atoms with van der Waals surface area (Å²) in [7, 11) is 0. The Morgan fingerprint density at radius 2 is 1.67 bits per heavy atom. The smallest absolute Gasteiger partial charge is 0.319 e. The molecule has 0 aliphatic heterocycles. The van der Waals surface area contributed by atoms with Crippen LogP contribution in [0.2, 0.25) is 0 Å². The van der Waals surface area contributed by atoms with E-state index in [4.69, 9.17) is 5.21 Å². The zero-order valence-corrected chi connectivity index (χ0v) is 21.4. The van der Waals surface area contributed by atoms with Crippen molar-refractivity contribution in [3.05, 3.63) is 23.8 Å². The molecule has 4 bridgehead atoms. The fourth-order valence-electron chi connectivity index (χ4n) is 7.88. The highest BCUT2D eigenvalue weighted by molar-refractivity contribution is 5.97. The first-order valence-electron chi connectivity index (χ1n) is 13.2. The Bertz CT molecular complexity index is 994. The number of amides is 4. The largest absolute Gasteiger partial charge is 0.506 e. The van der Waals surface area contributed by atoms with E-state index in [-0.39, 0.29) is 46.2 Å². The van der Waals surface area contributed by atoms with E-state index in [0.717, 1.165) is 38.5 Å². The van der Waals surface area contributed by atoms with E-state index >= 15 is 0 Å². The van der Waals surface area contributed by atoms with E-state index in [2.05, 4.69) is 29.8 Å². The molecule has 9 heteroatoms. The van der Waals surface area contributed by atoms with Crippen LogP contribution < -0.4 is 21.4 Å². The highest BCUT2D eigenvalue weighted by atomic mass is 16.5. The molecule has 5 rings (SSSR count). The van der Waals surface area contributed by atoms with Crippen molar-refractivity contribution in [3.8, 4) is 5.75 Å². The second kappa shape index (κ2) is 10.3. The monoisotopic (exact) mass is 500 g/mol. The number of hydrogen-bond acceptors (Lipinski definition) is 5. The van der Waals surface area contributed by atoms with Gasteiger partial charge in [-0.05, 0) is 86.3 Å². The van der Waals surface area contributed by atoms with Crippen LogP contribution in [0.4, 0.5) is 10.5 Å². The SMILES string of the molecule is C[C@]12CC3CC(NC(=O)Nc4ccc(C(=O)NCCCCCCC(=O)NO)cc4O)(C1)C[C@@](C)(C3)C2. The third-order valence-corrected chi connectivity index (χ3v) is 8.25. The van der Waals surface area contributed by atoms with Crippen LogP contribution >= 0.6 is 0 Å². The molecule has 2 unspecified atom stereocenters. The molecule has 1 aromatic rings. The van der Waals surface area contributed by atoms with Crippen molar-refractivity contribution < 1.29 is 24.7 Å². The Balaban J connectivity index is 1.24. The first-order valence-corrected chi connectivity index (χ1v) is 13.2. The lowest BCUT2D eigenvalue weighted by atomic mass is 9.43. The third kappa shape index (κ3) is 6.11. The molecule has 36 heavy (non-hydrogen) atoms.